The molecule has 0 aliphatic carbocycles. The van der Waals surface area contributed by atoms with Crippen molar-refractivity contribution in [3.05, 3.63) is 72.3 Å². The Hall–Kier alpha value is -5.00. The minimum atomic E-state index is -0.165. The van der Waals surface area contributed by atoms with Gasteiger partial charge in [0.25, 0.3) is 5.91 Å². The number of nitrogens with zero attached hydrogens (tertiary/aromatic N) is 8. The summed E-state index contributed by atoms with van der Waals surface area (Å²) in [6.45, 7) is 1.50. The fourth-order valence-corrected chi connectivity index (χ4v) is 6.26. The van der Waals surface area contributed by atoms with Crippen LogP contribution in [0.3, 0.4) is 0 Å². The van der Waals surface area contributed by atoms with Crippen molar-refractivity contribution in [3.8, 4) is 22.5 Å². The quantitative estimate of drug-likeness (QED) is 0.322. The molecule has 2 aliphatic rings. The first kappa shape index (κ1) is 24.1. The van der Waals surface area contributed by atoms with Gasteiger partial charge in [-0.25, -0.2) is 19.9 Å². The van der Waals surface area contributed by atoms with Crippen LogP contribution in [0, 0.1) is 0 Å². The highest BCUT2D eigenvalue weighted by molar-refractivity contribution is 6.00. The minimum Gasteiger partial charge on any atom is -0.383 e. The number of aromatic nitrogens is 8. The predicted molar refractivity (Wildman–Crippen MR) is 145 cm³/mol. The van der Waals surface area contributed by atoms with Crippen molar-refractivity contribution in [1.82, 2.24) is 44.6 Å². The average molecular weight is 535 g/mol. The summed E-state index contributed by atoms with van der Waals surface area (Å²) < 4.78 is 1.51. The second-order valence-electron chi connectivity index (χ2n) is 10.4. The highest BCUT2D eigenvalue weighted by Crippen LogP contribution is 2.45. The molecule has 12 nitrogen and oxygen atoms in total. The molecule has 0 saturated carbocycles. The van der Waals surface area contributed by atoms with E-state index in [4.69, 9.17) is 10.7 Å². The Morgan fingerprint density at radius 1 is 0.975 bits per heavy atom. The van der Waals surface area contributed by atoms with Crippen LogP contribution in [-0.4, -0.2) is 68.4 Å². The standard InChI is InChI=1S/C28H26N10O2/c1-15(39)22-23(17-9-19-7-8-20(10-17)37(19)28(40)26-32-14-33-36-26)35-27-21(13-34-38(27)24(22)29)18-11-30-25(31-12-18)16-5-3-2-4-6-16/h2-6,11-14,17,19-20H,7-10,29H2,1H3,(H,32,33,36)/t17?,19-,20+. The zero-order chi connectivity index (χ0) is 27.4. The SMILES string of the molecule is CC(=O)c1c(C2C[C@H]3CC[C@@H](C2)N3C(=O)c2ncn[nH]2)nc2c(-c3cnc(-c4ccccc4)nc3)cnn2c1N. The number of nitrogens with one attached hydrogen (secondary N) is 1. The van der Waals surface area contributed by atoms with Crippen LogP contribution in [0.5, 0.6) is 0 Å². The van der Waals surface area contributed by atoms with Gasteiger partial charge in [0.05, 0.1) is 17.5 Å². The first-order valence-corrected chi connectivity index (χ1v) is 13.2. The molecule has 0 spiro atoms. The van der Waals surface area contributed by atoms with Crippen molar-refractivity contribution in [3.63, 3.8) is 0 Å². The minimum absolute atomic E-state index is 0.0173. The molecule has 40 heavy (non-hydrogen) atoms. The molecule has 6 heterocycles. The van der Waals surface area contributed by atoms with E-state index in [0.29, 0.717) is 35.6 Å². The third kappa shape index (κ3) is 3.82. The molecule has 5 aromatic rings. The number of hydrogen-bond donors (Lipinski definition) is 2. The number of ketones is 1. The van der Waals surface area contributed by atoms with Crippen LogP contribution in [0.25, 0.3) is 28.2 Å². The number of amides is 1. The van der Waals surface area contributed by atoms with Gasteiger partial charge >= 0.3 is 0 Å². The topological polar surface area (TPSA) is 161 Å². The third-order valence-corrected chi connectivity index (χ3v) is 8.03. The number of carbonyl (C=O) groups excluding carboxylic acids is 2. The zero-order valence-electron chi connectivity index (χ0n) is 21.7. The van der Waals surface area contributed by atoms with Crippen molar-refractivity contribution in [2.45, 2.75) is 50.6 Å². The number of aromatic amines is 1. The summed E-state index contributed by atoms with van der Waals surface area (Å²) in [4.78, 5) is 46.1. The molecule has 1 unspecified atom stereocenters. The van der Waals surface area contributed by atoms with Crippen LogP contribution < -0.4 is 5.73 Å². The van der Waals surface area contributed by atoms with Gasteiger partial charge in [-0.05, 0) is 32.6 Å². The monoisotopic (exact) mass is 534 g/mol. The van der Waals surface area contributed by atoms with Gasteiger partial charge in [-0.15, -0.1) is 0 Å². The average Bonchev–Trinajstić information content (AvgIpc) is 3.71. The summed E-state index contributed by atoms with van der Waals surface area (Å²) in [5.41, 5.74) is 10.5. The first-order valence-electron chi connectivity index (χ1n) is 13.2. The molecule has 1 aromatic carbocycles. The number of hydrogen-bond acceptors (Lipinski definition) is 9. The largest absolute Gasteiger partial charge is 0.383 e. The number of piperidine rings is 1. The van der Waals surface area contributed by atoms with Crippen molar-refractivity contribution < 1.29 is 9.59 Å². The maximum absolute atomic E-state index is 13.1. The highest BCUT2D eigenvalue weighted by atomic mass is 16.2. The fourth-order valence-electron chi connectivity index (χ4n) is 6.26. The molecule has 2 bridgehead atoms. The molecule has 12 heteroatoms. The van der Waals surface area contributed by atoms with Crippen LogP contribution in [0.1, 0.15) is 65.2 Å². The van der Waals surface area contributed by atoms with E-state index in [-0.39, 0.29) is 41.3 Å². The second-order valence-corrected chi connectivity index (χ2v) is 10.4. The summed E-state index contributed by atoms with van der Waals surface area (Å²) >= 11 is 0. The van der Waals surface area contributed by atoms with Crippen LogP contribution in [0.2, 0.25) is 0 Å². The Kier molecular flexibility index (Phi) is 5.61. The number of rotatable bonds is 5. The zero-order valence-corrected chi connectivity index (χ0v) is 21.7. The lowest BCUT2D eigenvalue weighted by Gasteiger charge is -2.38. The van der Waals surface area contributed by atoms with E-state index in [1.165, 1.54) is 17.8 Å². The molecule has 7 rings (SSSR count). The van der Waals surface area contributed by atoms with Gasteiger partial charge < -0.3 is 10.6 Å². The van der Waals surface area contributed by atoms with E-state index >= 15 is 0 Å². The first-order chi connectivity index (χ1) is 19.5. The normalized spacial score (nSPS) is 20.2. The van der Waals surface area contributed by atoms with Gasteiger partial charge in [-0.1, -0.05) is 30.3 Å². The van der Waals surface area contributed by atoms with E-state index in [1.807, 2.05) is 35.2 Å². The number of anilines is 1. The number of H-pyrrole nitrogens is 1. The van der Waals surface area contributed by atoms with Crippen molar-refractivity contribution in [2.24, 2.45) is 0 Å². The Labute approximate surface area is 228 Å². The lowest BCUT2D eigenvalue weighted by Crippen LogP contribution is -2.46. The molecular formula is C28H26N10O2. The molecule has 4 aromatic heterocycles. The Morgan fingerprint density at radius 3 is 2.35 bits per heavy atom. The molecule has 2 saturated heterocycles. The van der Waals surface area contributed by atoms with E-state index < -0.39 is 0 Å². The maximum atomic E-state index is 13.1. The molecule has 3 atom stereocenters. The summed E-state index contributed by atoms with van der Waals surface area (Å²) in [6, 6.07) is 9.79. The molecule has 200 valence electrons. The number of fused-ring (bicyclic) bond motifs is 3. The number of carbonyl (C=O) groups is 2. The lowest BCUT2D eigenvalue weighted by atomic mass is 9.85. The van der Waals surface area contributed by atoms with Gasteiger partial charge in [0.15, 0.2) is 17.3 Å². The number of nitrogen functional groups attached to an aromatic ring is 1. The third-order valence-electron chi connectivity index (χ3n) is 8.03. The maximum Gasteiger partial charge on any atom is 0.291 e. The Bertz CT molecular complexity index is 1720. The summed E-state index contributed by atoms with van der Waals surface area (Å²) in [5.74, 6) is 0.773. The van der Waals surface area contributed by atoms with Crippen LogP contribution in [-0.2, 0) is 0 Å². The van der Waals surface area contributed by atoms with E-state index in [2.05, 4.69) is 30.2 Å². The lowest BCUT2D eigenvalue weighted by molar-refractivity contribution is 0.0556. The highest BCUT2D eigenvalue weighted by Gasteiger charge is 2.45. The van der Waals surface area contributed by atoms with E-state index in [0.717, 1.165) is 29.5 Å². The number of Topliss-reactive ketones (excluding diaryl/α,β-unsaturated/α-hetero) is 1. The van der Waals surface area contributed by atoms with Crippen LogP contribution >= 0.6 is 0 Å². The molecule has 2 fully saturated rings. The van der Waals surface area contributed by atoms with Gasteiger partial charge in [0.1, 0.15) is 12.1 Å². The molecular weight excluding hydrogens is 508 g/mol. The summed E-state index contributed by atoms with van der Waals surface area (Å²) in [7, 11) is 0. The summed E-state index contributed by atoms with van der Waals surface area (Å²) in [5, 5.41) is 11.0. The molecule has 2 aliphatic heterocycles. The number of benzene rings is 1. The number of nitrogens with two attached hydrogens (primary N) is 1. The molecule has 1 amide bonds. The predicted octanol–water partition coefficient (Wildman–Crippen LogP) is 3.31. The van der Waals surface area contributed by atoms with Crippen molar-refractivity contribution in [2.75, 3.05) is 5.73 Å². The molecule has 3 N–H and O–H groups in total. The molecule has 0 radical (unpaired) electrons. The van der Waals surface area contributed by atoms with Gasteiger partial charge in [-0.2, -0.15) is 14.7 Å². The van der Waals surface area contributed by atoms with Crippen LogP contribution in [0.4, 0.5) is 5.82 Å². The van der Waals surface area contributed by atoms with E-state index in [1.54, 1.807) is 18.6 Å². The Morgan fingerprint density at radius 2 is 1.70 bits per heavy atom. The summed E-state index contributed by atoms with van der Waals surface area (Å²) in [6.07, 6.45) is 9.64. The van der Waals surface area contributed by atoms with Crippen molar-refractivity contribution in [1.29, 1.82) is 0 Å². The van der Waals surface area contributed by atoms with E-state index in [9.17, 15) is 9.59 Å². The van der Waals surface area contributed by atoms with Gasteiger partial charge in [-0.3, -0.25) is 14.7 Å². The Balaban J connectivity index is 1.26. The second kappa shape index (κ2) is 9.33. The smallest absolute Gasteiger partial charge is 0.291 e. The van der Waals surface area contributed by atoms with Gasteiger partial charge in [0, 0.05) is 47.1 Å². The van der Waals surface area contributed by atoms with Crippen molar-refractivity contribution >= 4 is 23.2 Å². The van der Waals surface area contributed by atoms with Gasteiger partial charge in [0.2, 0.25) is 5.82 Å². The van der Waals surface area contributed by atoms with Crippen LogP contribution in [0.15, 0.2) is 55.2 Å². The fraction of sp³-hybridized carbons (Fsp3) is 0.286.